The Bertz CT molecular complexity index is 162. The molecule has 0 fully saturated rings. The highest BCUT2D eigenvalue weighted by Gasteiger charge is 2.19. The molecule has 13 heavy (non-hydrogen) atoms. The van der Waals surface area contributed by atoms with Gasteiger partial charge < -0.3 is 10.6 Å². The van der Waals surface area contributed by atoms with E-state index in [0.29, 0.717) is 0 Å². The van der Waals surface area contributed by atoms with E-state index >= 15 is 0 Å². The van der Waals surface area contributed by atoms with Gasteiger partial charge in [-0.25, -0.2) is 8.78 Å². The number of carbonyl (C=O) groups is 1. The van der Waals surface area contributed by atoms with Gasteiger partial charge in [0.2, 0.25) is 5.91 Å². The average molecular weight is 194 g/mol. The Hall–Kier alpha value is -0.710. The van der Waals surface area contributed by atoms with Crippen molar-refractivity contribution in [3.8, 4) is 0 Å². The van der Waals surface area contributed by atoms with Crippen LogP contribution in [0.1, 0.15) is 13.8 Å². The molecule has 0 atom stereocenters. The number of nitrogens with zero attached hydrogens (tertiary/aromatic N) is 1. The summed E-state index contributed by atoms with van der Waals surface area (Å²) in [5.41, 5.74) is 5.20. The molecule has 1 amide bonds. The van der Waals surface area contributed by atoms with E-state index in [4.69, 9.17) is 5.73 Å². The third-order valence-electron chi connectivity index (χ3n) is 1.56. The zero-order valence-electron chi connectivity index (χ0n) is 7.96. The van der Waals surface area contributed by atoms with E-state index in [2.05, 4.69) is 0 Å². The van der Waals surface area contributed by atoms with Crippen LogP contribution in [0.3, 0.4) is 0 Å². The van der Waals surface area contributed by atoms with Crippen LogP contribution in [0.25, 0.3) is 0 Å². The van der Waals surface area contributed by atoms with Gasteiger partial charge >= 0.3 is 0 Å². The number of halogens is 2. The molecule has 5 heteroatoms. The monoisotopic (exact) mass is 194 g/mol. The molecule has 0 spiro atoms. The standard InChI is InChI=1S/C8H16F2N2O/c1-6(2)8(13)12(4-3-11)5-7(9)10/h6-7H,3-5,11H2,1-2H3. The van der Waals surface area contributed by atoms with Crippen molar-refractivity contribution in [2.24, 2.45) is 11.7 Å². The number of rotatable bonds is 5. The Kier molecular flexibility index (Phi) is 5.53. The third kappa shape index (κ3) is 4.77. The van der Waals surface area contributed by atoms with Crippen molar-refractivity contribution in [1.82, 2.24) is 4.90 Å². The highest BCUT2D eigenvalue weighted by atomic mass is 19.3. The molecule has 0 unspecified atom stereocenters. The molecule has 3 nitrogen and oxygen atoms in total. The first kappa shape index (κ1) is 12.3. The molecule has 0 aliphatic heterocycles. The quantitative estimate of drug-likeness (QED) is 0.700. The van der Waals surface area contributed by atoms with Gasteiger partial charge in [-0.3, -0.25) is 4.79 Å². The molecular formula is C8H16F2N2O. The van der Waals surface area contributed by atoms with Crippen LogP contribution in [-0.4, -0.2) is 36.9 Å². The zero-order valence-corrected chi connectivity index (χ0v) is 7.96. The molecular weight excluding hydrogens is 178 g/mol. The van der Waals surface area contributed by atoms with E-state index in [-0.39, 0.29) is 24.9 Å². The fourth-order valence-corrected chi connectivity index (χ4v) is 0.979. The Morgan fingerprint density at radius 3 is 2.31 bits per heavy atom. The van der Waals surface area contributed by atoms with Crippen molar-refractivity contribution in [1.29, 1.82) is 0 Å². The molecule has 0 saturated heterocycles. The predicted octanol–water partition coefficient (Wildman–Crippen LogP) is 0.695. The van der Waals surface area contributed by atoms with Crippen LogP contribution in [0.4, 0.5) is 8.78 Å². The van der Waals surface area contributed by atoms with Crippen LogP contribution in [0.5, 0.6) is 0 Å². The van der Waals surface area contributed by atoms with Gasteiger partial charge in [-0.05, 0) is 0 Å². The number of nitrogens with two attached hydrogens (primary N) is 1. The second-order valence-corrected chi connectivity index (χ2v) is 3.12. The molecule has 0 heterocycles. The van der Waals surface area contributed by atoms with Crippen molar-refractivity contribution < 1.29 is 13.6 Å². The highest BCUT2D eigenvalue weighted by molar-refractivity contribution is 5.78. The molecule has 0 rings (SSSR count). The van der Waals surface area contributed by atoms with Crippen LogP contribution >= 0.6 is 0 Å². The van der Waals surface area contributed by atoms with Crippen molar-refractivity contribution in [3.63, 3.8) is 0 Å². The minimum Gasteiger partial charge on any atom is -0.335 e. The minimum absolute atomic E-state index is 0.196. The first-order chi connectivity index (χ1) is 5.99. The summed E-state index contributed by atoms with van der Waals surface area (Å²) in [7, 11) is 0. The lowest BCUT2D eigenvalue weighted by Gasteiger charge is -2.23. The van der Waals surface area contributed by atoms with Crippen LogP contribution < -0.4 is 5.73 Å². The third-order valence-corrected chi connectivity index (χ3v) is 1.56. The second kappa shape index (κ2) is 5.85. The number of hydrogen-bond donors (Lipinski definition) is 1. The summed E-state index contributed by atoms with van der Waals surface area (Å²) in [6.45, 7) is 3.25. The Morgan fingerprint density at radius 1 is 1.46 bits per heavy atom. The molecule has 0 aromatic carbocycles. The van der Waals surface area contributed by atoms with Gasteiger partial charge in [0.25, 0.3) is 6.43 Å². The summed E-state index contributed by atoms with van der Waals surface area (Å²) in [4.78, 5) is 12.4. The average Bonchev–Trinajstić information content (AvgIpc) is 2.01. The second-order valence-electron chi connectivity index (χ2n) is 3.12. The summed E-state index contributed by atoms with van der Waals surface area (Å²) in [5.74, 6) is -0.531. The molecule has 0 radical (unpaired) electrons. The zero-order chi connectivity index (χ0) is 10.4. The van der Waals surface area contributed by atoms with Crippen molar-refractivity contribution in [3.05, 3.63) is 0 Å². The van der Waals surface area contributed by atoms with Crippen molar-refractivity contribution >= 4 is 5.91 Å². The van der Waals surface area contributed by atoms with Crippen LogP contribution in [0, 0.1) is 5.92 Å². The molecule has 0 aliphatic rings. The van der Waals surface area contributed by atoms with Gasteiger partial charge in [0.15, 0.2) is 0 Å². The van der Waals surface area contributed by atoms with Crippen molar-refractivity contribution in [2.75, 3.05) is 19.6 Å². The van der Waals surface area contributed by atoms with Gasteiger partial charge in [0.1, 0.15) is 0 Å². The van der Waals surface area contributed by atoms with Gasteiger partial charge in [-0.2, -0.15) is 0 Å². The van der Waals surface area contributed by atoms with E-state index in [9.17, 15) is 13.6 Å². The number of amides is 1. The molecule has 0 saturated carbocycles. The Labute approximate surface area is 76.9 Å². The number of hydrogen-bond acceptors (Lipinski definition) is 2. The summed E-state index contributed by atoms with van der Waals surface area (Å²) < 4.78 is 24.0. The lowest BCUT2D eigenvalue weighted by molar-refractivity contribution is -0.136. The summed E-state index contributed by atoms with van der Waals surface area (Å²) in [6, 6.07) is 0. The Balaban J connectivity index is 4.15. The topological polar surface area (TPSA) is 46.3 Å². The lowest BCUT2D eigenvalue weighted by atomic mass is 10.2. The first-order valence-electron chi connectivity index (χ1n) is 4.26. The molecule has 0 aliphatic carbocycles. The predicted molar refractivity (Wildman–Crippen MR) is 46.5 cm³/mol. The fraction of sp³-hybridized carbons (Fsp3) is 0.875. The smallest absolute Gasteiger partial charge is 0.255 e. The molecule has 0 bridgehead atoms. The van der Waals surface area contributed by atoms with Gasteiger partial charge in [-0.1, -0.05) is 13.8 Å². The van der Waals surface area contributed by atoms with Crippen LogP contribution in [0.15, 0.2) is 0 Å². The summed E-state index contributed by atoms with van der Waals surface area (Å²) >= 11 is 0. The summed E-state index contributed by atoms with van der Waals surface area (Å²) in [5, 5.41) is 0. The van der Waals surface area contributed by atoms with Gasteiger partial charge in [0.05, 0.1) is 6.54 Å². The Morgan fingerprint density at radius 2 is 2.00 bits per heavy atom. The van der Waals surface area contributed by atoms with Crippen molar-refractivity contribution in [2.45, 2.75) is 20.3 Å². The maximum Gasteiger partial charge on any atom is 0.255 e. The normalized spacial score (nSPS) is 11.0. The summed E-state index contributed by atoms with van der Waals surface area (Å²) in [6.07, 6.45) is -2.49. The van der Waals surface area contributed by atoms with Crippen LogP contribution in [0.2, 0.25) is 0 Å². The van der Waals surface area contributed by atoms with Crippen LogP contribution in [-0.2, 0) is 4.79 Å². The lowest BCUT2D eigenvalue weighted by Crippen LogP contribution is -2.40. The number of alkyl halides is 2. The maximum atomic E-state index is 12.0. The van der Waals surface area contributed by atoms with E-state index in [1.54, 1.807) is 13.8 Å². The number of carbonyl (C=O) groups excluding carboxylic acids is 1. The molecule has 0 aromatic heterocycles. The fourth-order valence-electron chi connectivity index (χ4n) is 0.979. The van der Waals surface area contributed by atoms with E-state index in [1.165, 1.54) is 0 Å². The molecule has 0 aromatic rings. The molecule has 78 valence electrons. The largest absolute Gasteiger partial charge is 0.335 e. The maximum absolute atomic E-state index is 12.0. The molecule has 2 N–H and O–H groups in total. The minimum atomic E-state index is -2.49. The van der Waals surface area contributed by atoms with E-state index in [1.807, 2.05) is 0 Å². The SMILES string of the molecule is CC(C)C(=O)N(CCN)CC(F)F. The first-order valence-corrected chi connectivity index (χ1v) is 4.26. The van der Waals surface area contributed by atoms with E-state index < -0.39 is 13.0 Å². The van der Waals surface area contributed by atoms with Gasteiger partial charge in [0, 0.05) is 19.0 Å². The highest BCUT2D eigenvalue weighted by Crippen LogP contribution is 2.04. The van der Waals surface area contributed by atoms with Gasteiger partial charge in [-0.15, -0.1) is 0 Å². The van der Waals surface area contributed by atoms with E-state index in [0.717, 1.165) is 4.90 Å².